The van der Waals surface area contributed by atoms with Crippen molar-refractivity contribution in [3.63, 3.8) is 0 Å². The minimum absolute atomic E-state index is 0.200. The summed E-state index contributed by atoms with van der Waals surface area (Å²) in [5.41, 5.74) is 0. The number of unbranched alkanes of at least 4 members (excludes halogenated alkanes) is 1. The molecule has 2 rings (SSSR count). The summed E-state index contributed by atoms with van der Waals surface area (Å²) in [7, 11) is 0. The lowest BCUT2D eigenvalue weighted by molar-refractivity contribution is -0.121. The molecule has 3 amide bonds. The average molecular weight is 296 g/mol. The maximum atomic E-state index is 12.0. The van der Waals surface area contributed by atoms with Crippen LogP contribution in [-0.4, -0.2) is 55.1 Å². The van der Waals surface area contributed by atoms with Gasteiger partial charge in [0.25, 0.3) is 0 Å². The van der Waals surface area contributed by atoms with E-state index in [1.807, 2.05) is 0 Å². The maximum Gasteiger partial charge on any atom is 0.321 e. The third kappa shape index (κ3) is 6.01. The van der Waals surface area contributed by atoms with Crippen LogP contribution >= 0.6 is 0 Å². The molecule has 2 aliphatic rings. The number of hydrogen-bond donors (Lipinski definition) is 3. The number of hydrogen-bond acceptors (Lipinski definition) is 4. The van der Waals surface area contributed by atoms with E-state index in [-0.39, 0.29) is 11.9 Å². The second-order valence-corrected chi connectivity index (χ2v) is 6.11. The number of rotatable bonds is 8. The van der Waals surface area contributed by atoms with Crippen LogP contribution in [0.5, 0.6) is 0 Å². The second-order valence-electron chi connectivity index (χ2n) is 6.11. The van der Waals surface area contributed by atoms with E-state index in [1.165, 1.54) is 25.7 Å². The van der Waals surface area contributed by atoms with Gasteiger partial charge in [-0.05, 0) is 38.6 Å². The maximum absolute atomic E-state index is 12.0. The molecule has 1 unspecified atom stereocenters. The van der Waals surface area contributed by atoms with E-state index in [9.17, 15) is 9.59 Å². The molecule has 0 aromatic heterocycles. The van der Waals surface area contributed by atoms with Crippen LogP contribution in [0.15, 0.2) is 0 Å². The fraction of sp³-hybridized carbons (Fsp3) is 0.867. The number of nitrogens with one attached hydrogen (secondary N) is 3. The summed E-state index contributed by atoms with van der Waals surface area (Å²) in [6.45, 7) is 5.00. The molecule has 1 atom stereocenters. The molecule has 0 aromatic carbocycles. The van der Waals surface area contributed by atoms with Crippen LogP contribution in [0.3, 0.4) is 0 Å². The SMILES string of the molecule is CCCCNC(=O)NC(=O)CN(CC1CCCN1)C1CC1. The van der Waals surface area contributed by atoms with E-state index in [0.29, 0.717) is 25.2 Å². The molecule has 3 N–H and O–H groups in total. The van der Waals surface area contributed by atoms with Crippen LogP contribution in [0, 0.1) is 0 Å². The molecule has 6 heteroatoms. The summed E-state index contributed by atoms with van der Waals surface area (Å²) >= 11 is 0. The molecule has 21 heavy (non-hydrogen) atoms. The topological polar surface area (TPSA) is 73.5 Å². The summed E-state index contributed by atoms with van der Waals surface area (Å²) in [4.78, 5) is 25.8. The first kappa shape index (κ1) is 16.2. The van der Waals surface area contributed by atoms with Gasteiger partial charge < -0.3 is 10.6 Å². The third-order valence-electron chi connectivity index (χ3n) is 4.10. The monoisotopic (exact) mass is 296 g/mol. The first-order valence-electron chi connectivity index (χ1n) is 8.24. The number of urea groups is 1. The minimum atomic E-state index is -0.372. The van der Waals surface area contributed by atoms with Crippen LogP contribution in [0.4, 0.5) is 4.79 Å². The van der Waals surface area contributed by atoms with Crippen molar-refractivity contribution >= 4 is 11.9 Å². The average Bonchev–Trinajstić information content (AvgIpc) is 3.17. The Morgan fingerprint density at radius 3 is 2.71 bits per heavy atom. The fourth-order valence-corrected chi connectivity index (χ4v) is 2.75. The zero-order valence-electron chi connectivity index (χ0n) is 13.0. The van der Waals surface area contributed by atoms with Gasteiger partial charge in [0, 0.05) is 25.2 Å². The molecule has 0 bridgehead atoms. The number of carbonyl (C=O) groups excluding carboxylic acids is 2. The van der Waals surface area contributed by atoms with Gasteiger partial charge in [-0.3, -0.25) is 15.0 Å². The standard InChI is InChI=1S/C15H28N4O2/c1-2-3-8-17-15(21)18-14(20)11-19(13-6-7-13)10-12-5-4-9-16-12/h12-13,16H,2-11H2,1H3,(H2,17,18,20,21). The highest BCUT2D eigenvalue weighted by atomic mass is 16.2. The summed E-state index contributed by atoms with van der Waals surface area (Å²) in [6, 6.07) is 0.654. The van der Waals surface area contributed by atoms with Gasteiger partial charge in [-0.1, -0.05) is 13.3 Å². The number of nitrogens with zero attached hydrogens (tertiary/aromatic N) is 1. The van der Waals surface area contributed by atoms with Crippen molar-refractivity contribution in [3.05, 3.63) is 0 Å². The number of carbonyl (C=O) groups is 2. The summed E-state index contributed by atoms with van der Waals surface area (Å²) in [5, 5.41) is 8.60. The third-order valence-corrected chi connectivity index (χ3v) is 4.10. The van der Waals surface area contributed by atoms with Gasteiger partial charge in [0.2, 0.25) is 5.91 Å². The highest BCUT2D eigenvalue weighted by Crippen LogP contribution is 2.27. The van der Waals surface area contributed by atoms with Gasteiger partial charge in [0.1, 0.15) is 0 Å². The lowest BCUT2D eigenvalue weighted by atomic mass is 10.2. The van der Waals surface area contributed by atoms with Gasteiger partial charge in [0.05, 0.1) is 6.54 Å². The van der Waals surface area contributed by atoms with Crippen molar-refractivity contribution in [1.29, 1.82) is 0 Å². The van der Waals surface area contributed by atoms with Crippen LogP contribution in [-0.2, 0) is 4.79 Å². The molecule has 1 saturated heterocycles. The lowest BCUT2D eigenvalue weighted by Crippen LogP contribution is -2.47. The molecule has 120 valence electrons. The zero-order valence-corrected chi connectivity index (χ0v) is 13.0. The van der Waals surface area contributed by atoms with Crippen LogP contribution in [0.2, 0.25) is 0 Å². The molecule has 0 spiro atoms. The van der Waals surface area contributed by atoms with Crippen molar-refractivity contribution in [2.24, 2.45) is 0 Å². The van der Waals surface area contributed by atoms with Crippen molar-refractivity contribution in [3.8, 4) is 0 Å². The van der Waals surface area contributed by atoms with E-state index >= 15 is 0 Å². The highest BCUT2D eigenvalue weighted by molar-refractivity contribution is 5.95. The fourth-order valence-electron chi connectivity index (χ4n) is 2.75. The first-order valence-corrected chi connectivity index (χ1v) is 8.24. The molecule has 1 saturated carbocycles. The number of amides is 3. The summed E-state index contributed by atoms with van der Waals surface area (Å²) in [6.07, 6.45) is 6.70. The molecule has 2 fully saturated rings. The van der Waals surface area contributed by atoms with Gasteiger partial charge in [0.15, 0.2) is 0 Å². The van der Waals surface area contributed by atoms with Gasteiger partial charge in [-0.25, -0.2) is 4.79 Å². The van der Waals surface area contributed by atoms with Crippen molar-refractivity contribution in [2.75, 3.05) is 26.2 Å². The Morgan fingerprint density at radius 2 is 2.10 bits per heavy atom. The molecule has 1 aliphatic heterocycles. The van der Waals surface area contributed by atoms with E-state index < -0.39 is 0 Å². The van der Waals surface area contributed by atoms with Crippen molar-refractivity contribution < 1.29 is 9.59 Å². The van der Waals surface area contributed by atoms with Crippen molar-refractivity contribution in [1.82, 2.24) is 20.9 Å². The van der Waals surface area contributed by atoms with E-state index in [1.54, 1.807) is 0 Å². The highest BCUT2D eigenvalue weighted by Gasteiger charge is 2.32. The number of imide groups is 1. The Hall–Kier alpha value is -1.14. The second kappa shape index (κ2) is 8.34. The molecule has 6 nitrogen and oxygen atoms in total. The normalized spacial score (nSPS) is 21.5. The molecular formula is C15H28N4O2. The van der Waals surface area contributed by atoms with Gasteiger partial charge in [-0.2, -0.15) is 0 Å². The van der Waals surface area contributed by atoms with Crippen LogP contribution < -0.4 is 16.0 Å². The van der Waals surface area contributed by atoms with Crippen LogP contribution in [0.1, 0.15) is 45.4 Å². The van der Waals surface area contributed by atoms with E-state index in [4.69, 9.17) is 0 Å². The zero-order chi connectivity index (χ0) is 15.1. The van der Waals surface area contributed by atoms with E-state index in [2.05, 4.69) is 27.8 Å². The summed E-state index contributed by atoms with van der Waals surface area (Å²) < 4.78 is 0. The molecule has 0 radical (unpaired) electrons. The Morgan fingerprint density at radius 1 is 1.29 bits per heavy atom. The van der Waals surface area contributed by atoms with Gasteiger partial charge >= 0.3 is 6.03 Å². The summed E-state index contributed by atoms with van der Waals surface area (Å²) in [5.74, 6) is -0.200. The van der Waals surface area contributed by atoms with E-state index in [0.717, 1.165) is 25.9 Å². The predicted molar refractivity (Wildman–Crippen MR) is 82.1 cm³/mol. The molecule has 0 aromatic rings. The van der Waals surface area contributed by atoms with Crippen molar-refractivity contribution in [2.45, 2.75) is 57.5 Å². The quantitative estimate of drug-likeness (QED) is 0.580. The Balaban J connectivity index is 1.69. The van der Waals surface area contributed by atoms with Crippen LogP contribution in [0.25, 0.3) is 0 Å². The molecular weight excluding hydrogens is 268 g/mol. The Kier molecular flexibility index (Phi) is 6.45. The predicted octanol–water partition coefficient (Wildman–Crippen LogP) is 0.829. The first-order chi connectivity index (χ1) is 10.2. The molecule has 1 heterocycles. The Bertz CT molecular complexity index is 352. The molecule has 1 aliphatic carbocycles. The minimum Gasteiger partial charge on any atom is -0.338 e. The largest absolute Gasteiger partial charge is 0.338 e. The Labute approximate surface area is 127 Å². The lowest BCUT2D eigenvalue weighted by Gasteiger charge is -2.24. The smallest absolute Gasteiger partial charge is 0.321 e. The van der Waals surface area contributed by atoms with Gasteiger partial charge in [-0.15, -0.1) is 0 Å².